The van der Waals surface area contributed by atoms with Crippen LogP contribution in [0.4, 0.5) is 17.6 Å². The van der Waals surface area contributed by atoms with Gasteiger partial charge in [0.1, 0.15) is 0 Å². The van der Waals surface area contributed by atoms with E-state index < -0.39 is 29.4 Å². The van der Waals surface area contributed by atoms with E-state index >= 15 is 0 Å². The highest BCUT2D eigenvalue weighted by Crippen LogP contribution is 2.33. The number of carbonyl (C=O) groups is 2. The maximum absolute atomic E-state index is 14.5. The van der Waals surface area contributed by atoms with Crippen molar-refractivity contribution < 1.29 is 36.6 Å². The van der Waals surface area contributed by atoms with Crippen LogP contribution in [0.5, 0.6) is 5.75 Å². The Morgan fingerprint density at radius 2 is 1.72 bits per heavy atom. The van der Waals surface area contributed by atoms with Crippen LogP contribution in [0.15, 0.2) is 36.4 Å². The lowest BCUT2D eigenvalue weighted by atomic mass is 10.1. The quantitative estimate of drug-likeness (QED) is 0.390. The summed E-state index contributed by atoms with van der Waals surface area (Å²) in [5.74, 6) is -1.99. The van der Waals surface area contributed by atoms with E-state index in [0.717, 1.165) is 30.3 Å². The van der Waals surface area contributed by atoms with Crippen LogP contribution < -0.4 is 4.74 Å². The lowest BCUT2D eigenvalue weighted by Gasteiger charge is -2.10. The molecule has 1 heterocycles. The molecule has 2 aromatic carbocycles. The minimum absolute atomic E-state index is 0.0227. The minimum atomic E-state index is -4.54. The molecular weight excluding hydrogens is 430 g/mol. The molecule has 0 bridgehead atoms. The molecule has 0 atom stereocenters. The molecule has 32 heavy (non-hydrogen) atoms. The Morgan fingerprint density at radius 3 is 2.25 bits per heavy atom. The van der Waals surface area contributed by atoms with Gasteiger partial charge in [0.15, 0.2) is 11.6 Å². The number of carbonyl (C=O) groups excluding carboxylic acids is 2. The number of hydrogen-bond acceptors (Lipinski definition) is 4. The van der Waals surface area contributed by atoms with Gasteiger partial charge in [0, 0.05) is 22.7 Å². The number of nitrogens with zero attached hydrogens (tertiary/aromatic N) is 1. The van der Waals surface area contributed by atoms with Crippen LogP contribution in [-0.4, -0.2) is 29.7 Å². The molecule has 0 unspecified atom stereocenters. The first-order valence-corrected chi connectivity index (χ1v) is 9.73. The SMILES string of the molecule is COc1cc2c(CC(=O)OC(C)C)c(C)n(C(=O)c3ccc(C(F)(F)F)cc3)c2cc1F. The molecular formula is C23H21F4NO4. The highest BCUT2D eigenvalue weighted by molar-refractivity contribution is 6.05. The molecule has 1 aromatic heterocycles. The zero-order valence-electron chi connectivity index (χ0n) is 17.8. The van der Waals surface area contributed by atoms with E-state index in [9.17, 15) is 27.2 Å². The highest BCUT2D eigenvalue weighted by Gasteiger charge is 2.31. The van der Waals surface area contributed by atoms with Crippen molar-refractivity contribution in [3.05, 3.63) is 64.6 Å². The van der Waals surface area contributed by atoms with E-state index in [1.165, 1.54) is 17.7 Å². The van der Waals surface area contributed by atoms with Crippen molar-refractivity contribution >= 4 is 22.8 Å². The van der Waals surface area contributed by atoms with Crippen molar-refractivity contribution in [3.8, 4) is 5.75 Å². The molecule has 5 nitrogen and oxygen atoms in total. The number of aromatic nitrogens is 1. The fourth-order valence-corrected chi connectivity index (χ4v) is 3.50. The predicted octanol–water partition coefficient (Wildman–Crippen LogP) is 5.30. The van der Waals surface area contributed by atoms with Crippen molar-refractivity contribution in [1.29, 1.82) is 0 Å². The Morgan fingerprint density at radius 1 is 1.09 bits per heavy atom. The molecule has 0 radical (unpaired) electrons. The second-order valence-corrected chi connectivity index (χ2v) is 7.50. The summed E-state index contributed by atoms with van der Waals surface area (Å²) in [4.78, 5) is 25.5. The van der Waals surface area contributed by atoms with Gasteiger partial charge in [-0.2, -0.15) is 13.2 Å². The molecule has 0 saturated carbocycles. The third-order valence-corrected chi connectivity index (χ3v) is 4.96. The summed E-state index contributed by atoms with van der Waals surface area (Å²) in [6.07, 6.45) is -5.07. The molecule has 3 aromatic rings. The topological polar surface area (TPSA) is 57.5 Å². The first-order chi connectivity index (χ1) is 14.9. The van der Waals surface area contributed by atoms with Crippen LogP contribution in [0.1, 0.15) is 41.0 Å². The summed E-state index contributed by atoms with van der Waals surface area (Å²) < 4.78 is 64.4. The van der Waals surface area contributed by atoms with Crippen molar-refractivity contribution in [3.63, 3.8) is 0 Å². The zero-order valence-corrected chi connectivity index (χ0v) is 17.8. The normalized spacial score (nSPS) is 11.8. The number of alkyl halides is 3. The van der Waals surface area contributed by atoms with Crippen LogP contribution in [-0.2, 0) is 22.1 Å². The van der Waals surface area contributed by atoms with E-state index in [2.05, 4.69) is 0 Å². The smallest absolute Gasteiger partial charge is 0.416 e. The van der Waals surface area contributed by atoms with E-state index in [1.807, 2.05) is 0 Å². The van der Waals surface area contributed by atoms with Crippen LogP contribution >= 0.6 is 0 Å². The Kier molecular flexibility index (Phi) is 6.29. The van der Waals surface area contributed by atoms with E-state index in [-0.39, 0.29) is 29.4 Å². The van der Waals surface area contributed by atoms with Gasteiger partial charge in [0.2, 0.25) is 0 Å². The number of esters is 1. The number of ether oxygens (including phenoxy) is 2. The van der Waals surface area contributed by atoms with Gasteiger partial charge in [-0.3, -0.25) is 14.2 Å². The standard InChI is InChI=1S/C23H21F4NO4/c1-12(2)32-21(29)10-16-13(3)28(19-11-18(24)20(31-4)9-17(16)19)22(30)14-5-7-15(8-6-14)23(25,26)27/h5-9,11-12H,10H2,1-4H3. The highest BCUT2D eigenvalue weighted by atomic mass is 19.4. The van der Waals surface area contributed by atoms with Crippen LogP contribution in [0.25, 0.3) is 10.9 Å². The number of halogens is 4. The number of methoxy groups -OCH3 is 1. The molecule has 0 aliphatic carbocycles. The van der Waals surface area contributed by atoms with Gasteiger partial charge in [-0.15, -0.1) is 0 Å². The summed E-state index contributed by atoms with van der Waals surface area (Å²) in [5, 5.41) is 0.404. The average Bonchev–Trinajstić information content (AvgIpc) is 2.96. The average molecular weight is 451 g/mol. The number of hydrogen-bond donors (Lipinski definition) is 0. The summed E-state index contributed by atoms with van der Waals surface area (Å²) in [7, 11) is 1.29. The molecule has 0 saturated heterocycles. The Bertz CT molecular complexity index is 1180. The van der Waals surface area contributed by atoms with Crippen molar-refractivity contribution in [1.82, 2.24) is 4.57 Å². The minimum Gasteiger partial charge on any atom is -0.494 e. The summed E-state index contributed by atoms with van der Waals surface area (Å²) in [6, 6.07) is 6.20. The summed E-state index contributed by atoms with van der Waals surface area (Å²) in [6.45, 7) is 4.96. The largest absolute Gasteiger partial charge is 0.494 e. The lowest BCUT2D eigenvalue weighted by Crippen LogP contribution is -2.16. The monoisotopic (exact) mass is 451 g/mol. The Hall–Kier alpha value is -3.36. The van der Waals surface area contributed by atoms with Gasteiger partial charge in [-0.25, -0.2) is 4.39 Å². The Labute approximate surface area is 181 Å². The van der Waals surface area contributed by atoms with Gasteiger partial charge in [-0.1, -0.05) is 0 Å². The van der Waals surface area contributed by atoms with E-state index in [1.54, 1.807) is 20.8 Å². The van der Waals surface area contributed by atoms with Crippen LogP contribution in [0.2, 0.25) is 0 Å². The van der Waals surface area contributed by atoms with Crippen molar-refractivity contribution in [2.75, 3.05) is 7.11 Å². The number of benzene rings is 2. The maximum Gasteiger partial charge on any atom is 0.416 e. The van der Waals surface area contributed by atoms with Gasteiger partial charge < -0.3 is 9.47 Å². The molecule has 0 spiro atoms. The summed E-state index contributed by atoms with van der Waals surface area (Å²) >= 11 is 0. The molecule has 0 aliphatic heterocycles. The first-order valence-electron chi connectivity index (χ1n) is 9.73. The Balaban J connectivity index is 2.15. The molecule has 0 aliphatic rings. The third-order valence-electron chi connectivity index (χ3n) is 4.96. The number of fused-ring (bicyclic) bond motifs is 1. The fourth-order valence-electron chi connectivity index (χ4n) is 3.50. The van der Waals surface area contributed by atoms with Gasteiger partial charge >= 0.3 is 12.1 Å². The number of rotatable bonds is 5. The molecule has 0 N–H and O–H groups in total. The fraction of sp³-hybridized carbons (Fsp3) is 0.304. The van der Waals surface area contributed by atoms with Gasteiger partial charge in [-0.05, 0) is 56.7 Å². The second kappa shape index (κ2) is 8.64. The predicted molar refractivity (Wildman–Crippen MR) is 109 cm³/mol. The molecule has 9 heteroatoms. The van der Waals surface area contributed by atoms with Gasteiger partial charge in [0.05, 0.1) is 30.7 Å². The van der Waals surface area contributed by atoms with Crippen LogP contribution in [0.3, 0.4) is 0 Å². The molecule has 0 amide bonds. The van der Waals surface area contributed by atoms with E-state index in [4.69, 9.17) is 9.47 Å². The maximum atomic E-state index is 14.5. The van der Waals surface area contributed by atoms with Crippen molar-refractivity contribution in [2.45, 2.75) is 39.5 Å². The second-order valence-electron chi connectivity index (χ2n) is 7.50. The van der Waals surface area contributed by atoms with Crippen molar-refractivity contribution in [2.24, 2.45) is 0 Å². The van der Waals surface area contributed by atoms with Crippen LogP contribution in [0, 0.1) is 12.7 Å². The molecule has 170 valence electrons. The molecule has 0 fully saturated rings. The lowest BCUT2D eigenvalue weighted by molar-refractivity contribution is -0.146. The van der Waals surface area contributed by atoms with Gasteiger partial charge in [0.25, 0.3) is 5.91 Å². The first kappa shape index (κ1) is 23.3. The third kappa shape index (κ3) is 4.46. The molecule has 3 rings (SSSR count). The summed E-state index contributed by atoms with van der Waals surface area (Å²) in [5.41, 5.74) is 0.0297. The zero-order chi connectivity index (χ0) is 23.8. The van der Waals surface area contributed by atoms with E-state index in [0.29, 0.717) is 16.6 Å².